The first-order chi connectivity index (χ1) is 12.1. The Kier molecular flexibility index (Phi) is 4.95. The molecule has 2 aromatic heterocycles. The van der Waals surface area contributed by atoms with E-state index in [4.69, 9.17) is 5.73 Å². The van der Waals surface area contributed by atoms with Crippen LogP contribution in [0.1, 0.15) is 26.6 Å². The zero-order valence-electron chi connectivity index (χ0n) is 14.1. The number of aliphatic imine (C=N–C) groups is 1. The van der Waals surface area contributed by atoms with Gasteiger partial charge in [-0.2, -0.15) is 0 Å². The quantitative estimate of drug-likeness (QED) is 0.691. The summed E-state index contributed by atoms with van der Waals surface area (Å²) in [5.74, 6) is -0.127. The van der Waals surface area contributed by atoms with Crippen LogP contribution < -0.4 is 11.1 Å². The summed E-state index contributed by atoms with van der Waals surface area (Å²) in [6, 6.07) is 7.67. The minimum atomic E-state index is -0.127. The largest absolute Gasteiger partial charge is 0.405 e. The Balaban J connectivity index is 1.68. The second-order valence-corrected chi connectivity index (χ2v) is 6.77. The first-order valence-corrected chi connectivity index (χ1v) is 8.63. The van der Waals surface area contributed by atoms with Crippen LogP contribution >= 0.6 is 11.3 Å². The van der Waals surface area contributed by atoms with Crippen molar-refractivity contribution in [2.75, 3.05) is 0 Å². The Morgan fingerprint density at radius 1 is 1.36 bits per heavy atom. The zero-order chi connectivity index (χ0) is 17.8. The number of carbonyl (C=O) groups excluding carboxylic acids is 1. The topological polar surface area (TPSA) is 84.8 Å². The average Bonchev–Trinajstić information content (AvgIpc) is 3.08. The smallest absolute Gasteiger partial charge is 0.270 e. The predicted octanol–water partition coefficient (Wildman–Crippen LogP) is 3.12. The van der Waals surface area contributed by atoms with Gasteiger partial charge >= 0.3 is 0 Å². The number of thiazole rings is 1. The Bertz CT molecular complexity index is 950. The fourth-order valence-corrected chi connectivity index (χ4v) is 3.35. The van der Waals surface area contributed by atoms with Crippen molar-refractivity contribution in [1.29, 1.82) is 0 Å². The van der Waals surface area contributed by atoms with Crippen molar-refractivity contribution in [3.8, 4) is 0 Å². The van der Waals surface area contributed by atoms with Gasteiger partial charge in [0, 0.05) is 23.8 Å². The van der Waals surface area contributed by atoms with Crippen molar-refractivity contribution in [3.63, 3.8) is 0 Å². The number of allylic oxidation sites excluding steroid dienone is 1. The molecule has 0 radical (unpaired) electrons. The summed E-state index contributed by atoms with van der Waals surface area (Å²) in [7, 11) is 0. The van der Waals surface area contributed by atoms with Crippen LogP contribution in [0, 0.1) is 13.8 Å². The lowest BCUT2D eigenvalue weighted by molar-refractivity contribution is 0.0944. The van der Waals surface area contributed by atoms with E-state index in [-0.39, 0.29) is 5.91 Å². The van der Waals surface area contributed by atoms with Crippen molar-refractivity contribution >= 4 is 34.1 Å². The van der Waals surface area contributed by atoms with Gasteiger partial charge in [-0.3, -0.25) is 14.2 Å². The first-order valence-electron chi connectivity index (χ1n) is 7.81. The third kappa shape index (κ3) is 3.77. The van der Waals surface area contributed by atoms with Crippen molar-refractivity contribution in [3.05, 3.63) is 64.6 Å². The minimum absolute atomic E-state index is 0.127. The number of hydrogen-bond acceptors (Lipinski definition) is 5. The number of rotatable bonds is 5. The summed E-state index contributed by atoms with van der Waals surface area (Å²) in [5.41, 5.74) is 8.41. The van der Waals surface area contributed by atoms with Crippen molar-refractivity contribution < 1.29 is 4.79 Å². The Morgan fingerprint density at radius 2 is 2.12 bits per heavy atom. The molecule has 25 heavy (non-hydrogen) atoms. The summed E-state index contributed by atoms with van der Waals surface area (Å²) in [5, 5.41) is 2.95. The fraction of sp³-hybridized carbons (Fsp3) is 0.167. The van der Waals surface area contributed by atoms with Crippen LogP contribution in [-0.2, 0) is 6.54 Å². The molecule has 0 spiro atoms. The lowest BCUT2D eigenvalue weighted by Gasteiger charge is -2.06. The van der Waals surface area contributed by atoms with Crippen LogP contribution in [0.2, 0.25) is 0 Å². The number of nitrogens with one attached hydrogen (secondary N) is 1. The Labute approximate surface area is 149 Å². The Hall–Kier alpha value is -2.93. The molecule has 0 bridgehead atoms. The van der Waals surface area contributed by atoms with E-state index < -0.39 is 0 Å². The lowest BCUT2D eigenvalue weighted by atomic mass is 10.2. The number of benzene rings is 1. The SMILES string of the molecule is Cc1cn2c(C(=O)NCc3ccc(N=CC=CN)cc3)c(C)nc2s1. The standard InChI is InChI=1S/C18H19N5OS/c1-12-11-23-16(13(2)22-18(23)25-12)17(24)21-10-14-4-6-15(7-5-14)20-9-3-8-19/h3-9,11H,10,19H2,1-2H3,(H,21,24). The third-order valence-corrected chi connectivity index (χ3v) is 4.54. The van der Waals surface area contributed by atoms with Gasteiger partial charge in [-0.25, -0.2) is 4.98 Å². The van der Waals surface area contributed by atoms with E-state index in [0.29, 0.717) is 12.2 Å². The number of hydrogen-bond donors (Lipinski definition) is 2. The van der Waals surface area contributed by atoms with Crippen LogP contribution in [0.4, 0.5) is 5.69 Å². The highest BCUT2D eigenvalue weighted by atomic mass is 32.1. The van der Waals surface area contributed by atoms with Gasteiger partial charge in [0.1, 0.15) is 5.69 Å². The van der Waals surface area contributed by atoms with Crippen LogP contribution in [0.15, 0.2) is 47.7 Å². The molecule has 0 saturated carbocycles. The molecule has 0 aliphatic rings. The van der Waals surface area contributed by atoms with Gasteiger partial charge in [0.05, 0.1) is 11.4 Å². The predicted molar refractivity (Wildman–Crippen MR) is 102 cm³/mol. The van der Waals surface area contributed by atoms with Crippen LogP contribution in [0.5, 0.6) is 0 Å². The van der Waals surface area contributed by atoms with Crippen LogP contribution in [-0.4, -0.2) is 21.5 Å². The zero-order valence-corrected chi connectivity index (χ0v) is 14.9. The molecule has 0 saturated heterocycles. The van der Waals surface area contributed by atoms with Gasteiger partial charge in [0.15, 0.2) is 4.96 Å². The van der Waals surface area contributed by atoms with E-state index in [0.717, 1.165) is 26.8 Å². The second kappa shape index (κ2) is 7.31. The summed E-state index contributed by atoms with van der Waals surface area (Å²) >= 11 is 1.57. The molecule has 3 aromatic rings. The highest BCUT2D eigenvalue weighted by Gasteiger charge is 2.17. The molecule has 1 amide bonds. The summed E-state index contributed by atoms with van der Waals surface area (Å²) in [6.07, 6.45) is 6.66. The third-order valence-electron chi connectivity index (χ3n) is 3.64. The molecule has 3 N–H and O–H groups in total. The molecule has 0 aliphatic carbocycles. The average molecular weight is 353 g/mol. The number of carbonyl (C=O) groups is 1. The van der Waals surface area contributed by atoms with Gasteiger partial charge < -0.3 is 11.1 Å². The number of imidazole rings is 1. The maximum Gasteiger partial charge on any atom is 0.270 e. The number of nitrogens with two attached hydrogens (primary N) is 1. The maximum atomic E-state index is 12.6. The van der Waals surface area contributed by atoms with Gasteiger partial charge in [-0.15, -0.1) is 11.3 Å². The van der Waals surface area contributed by atoms with Crippen LogP contribution in [0.25, 0.3) is 4.96 Å². The van der Waals surface area contributed by atoms with Crippen molar-refractivity contribution in [2.24, 2.45) is 10.7 Å². The highest BCUT2D eigenvalue weighted by molar-refractivity contribution is 7.17. The van der Waals surface area contributed by atoms with E-state index in [1.807, 2.05) is 48.7 Å². The molecular formula is C18H19N5OS. The molecule has 0 fully saturated rings. The molecule has 7 heteroatoms. The number of aromatic nitrogens is 2. The monoisotopic (exact) mass is 353 g/mol. The normalized spacial score (nSPS) is 11.8. The van der Waals surface area contributed by atoms with Crippen molar-refractivity contribution in [1.82, 2.24) is 14.7 Å². The minimum Gasteiger partial charge on any atom is -0.405 e. The van der Waals surface area contributed by atoms with Gasteiger partial charge in [0.25, 0.3) is 5.91 Å². The summed E-state index contributed by atoms with van der Waals surface area (Å²) < 4.78 is 1.85. The van der Waals surface area contributed by atoms with E-state index in [1.165, 1.54) is 6.20 Å². The van der Waals surface area contributed by atoms with E-state index in [2.05, 4.69) is 15.3 Å². The lowest BCUT2D eigenvalue weighted by Crippen LogP contribution is -2.24. The molecule has 0 aliphatic heterocycles. The molecule has 128 valence electrons. The molecule has 0 atom stereocenters. The van der Waals surface area contributed by atoms with Crippen molar-refractivity contribution in [2.45, 2.75) is 20.4 Å². The number of nitrogens with zero attached hydrogens (tertiary/aromatic N) is 3. The van der Waals surface area contributed by atoms with E-state index >= 15 is 0 Å². The fourth-order valence-electron chi connectivity index (χ4n) is 2.48. The van der Waals surface area contributed by atoms with E-state index in [9.17, 15) is 4.79 Å². The van der Waals surface area contributed by atoms with Gasteiger partial charge in [-0.05, 0) is 43.8 Å². The first kappa shape index (κ1) is 16.9. The summed E-state index contributed by atoms with van der Waals surface area (Å²) in [4.78, 5) is 23.2. The molecular weight excluding hydrogens is 334 g/mol. The summed E-state index contributed by atoms with van der Waals surface area (Å²) in [6.45, 7) is 4.30. The molecule has 2 heterocycles. The molecule has 3 rings (SSSR count). The van der Waals surface area contributed by atoms with E-state index in [1.54, 1.807) is 23.6 Å². The van der Waals surface area contributed by atoms with Gasteiger partial charge in [0.2, 0.25) is 0 Å². The molecule has 6 nitrogen and oxygen atoms in total. The molecule has 1 aromatic carbocycles. The number of amides is 1. The highest BCUT2D eigenvalue weighted by Crippen LogP contribution is 2.20. The number of fused-ring (bicyclic) bond motifs is 1. The number of aryl methyl sites for hydroxylation is 2. The van der Waals surface area contributed by atoms with Crippen LogP contribution in [0.3, 0.4) is 0 Å². The molecule has 0 unspecified atom stereocenters. The van der Waals surface area contributed by atoms with Gasteiger partial charge in [-0.1, -0.05) is 12.1 Å². The maximum absolute atomic E-state index is 12.6. The Morgan fingerprint density at radius 3 is 2.84 bits per heavy atom. The second-order valence-electron chi connectivity index (χ2n) is 5.55.